The van der Waals surface area contributed by atoms with E-state index in [9.17, 15) is 4.79 Å². The molecule has 1 aliphatic heterocycles. The number of methoxy groups -OCH3 is 2. The smallest absolute Gasteiger partial charge is 0.277 e. The van der Waals surface area contributed by atoms with Gasteiger partial charge in [0.05, 0.1) is 55.9 Å². The fourth-order valence-electron chi connectivity index (χ4n) is 3.01. The highest BCUT2D eigenvalue weighted by Gasteiger charge is 2.21. The summed E-state index contributed by atoms with van der Waals surface area (Å²) >= 11 is 1.35. The van der Waals surface area contributed by atoms with E-state index in [0.29, 0.717) is 48.8 Å². The van der Waals surface area contributed by atoms with Crippen LogP contribution in [0.2, 0.25) is 0 Å². The summed E-state index contributed by atoms with van der Waals surface area (Å²) in [7, 11) is 3.12. The molecule has 12 heteroatoms. The van der Waals surface area contributed by atoms with Crippen LogP contribution < -0.4 is 19.7 Å². The van der Waals surface area contributed by atoms with E-state index < -0.39 is 5.91 Å². The van der Waals surface area contributed by atoms with Crippen molar-refractivity contribution in [2.45, 2.75) is 0 Å². The van der Waals surface area contributed by atoms with Gasteiger partial charge in [-0.15, -0.1) is 0 Å². The Labute approximate surface area is 182 Å². The molecular formula is C19H22N6O5S. The monoisotopic (exact) mass is 446 g/mol. The highest BCUT2D eigenvalue weighted by molar-refractivity contribution is 7.23. The van der Waals surface area contributed by atoms with Crippen molar-refractivity contribution >= 4 is 38.3 Å². The van der Waals surface area contributed by atoms with Crippen molar-refractivity contribution in [3.05, 3.63) is 24.3 Å². The van der Waals surface area contributed by atoms with Gasteiger partial charge in [0.2, 0.25) is 11.8 Å². The van der Waals surface area contributed by atoms with Crippen LogP contribution in [0.15, 0.2) is 18.6 Å². The van der Waals surface area contributed by atoms with Crippen molar-refractivity contribution in [3.8, 4) is 11.8 Å². The summed E-state index contributed by atoms with van der Waals surface area (Å²) in [4.78, 5) is 31.9. The van der Waals surface area contributed by atoms with Gasteiger partial charge in [0.25, 0.3) is 5.91 Å². The van der Waals surface area contributed by atoms with E-state index in [1.807, 2.05) is 0 Å². The first-order valence-corrected chi connectivity index (χ1v) is 10.4. The van der Waals surface area contributed by atoms with Crippen LogP contribution in [0.25, 0.3) is 10.2 Å². The lowest BCUT2D eigenvalue weighted by Crippen LogP contribution is -2.36. The predicted octanol–water partition coefficient (Wildman–Crippen LogP) is 1.60. The number of fused-ring (bicyclic) bond motifs is 1. The highest BCUT2D eigenvalue weighted by Crippen LogP contribution is 2.38. The molecule has 4 heterocycles. The topological polar surface area (TPSA) is 121 Å². The van der Waals surface area contributed by atoms with Gasteiger partial charge in [-0.05, 0) is 0 Å². The van der Waals surface area contributed by atoms with Gasteiger partial charge < -0.3 is 23.8 Å². The minimum absolute atomic E-state index is 0.150. The summed E-state index contributed by atoms with van der Waals surface area (Å²) in [5, 5.41) is 3.20. The number of anilines is 2. The van der Waals surface area contributed by atoms with Crippen LogP contribution in [-0.2, 0) is 9.47 Å². The van der Waals surface area contributed by atoms with Crippen molar-refractivity contribution in [1.29, 1.82) is 0 Å². The summed E-state index contributed by atoms with van der Waals surface area (Å²) in [6.45, 7) is 3.61. The first kappa shape index (κ1) is 21.2. The second-order valence-electron chi connectivity index (χ2n) is 6.48. The Morgan fingerprint density at radius 1 is 1.16 bits per heavy atom. The van der Waals surface area contributed by atoms with Gasteiger partial charge in [-0.3, -0.25) is 10.1 Å². The Morgan fingerprint density at radius 2 is 2.00 bits per heavy atom. The number of pyridine rings is 1. The molecule has 3 aromatic rings. The van der Waals surface area contributed by atoms with Crippen molar-refractivity contribution in [1.82, 2.24) is 19.9 Å². The van der Waals surface area contributed by atoms with Gasteiger partial charge in [0.15, 0.2) is 5.13 Å². The largest absolute Gasteiger partial charge is 0.479 e. The van der Waals surface area contributed by atoms with Crippen LogP contribution >= 0.6 is 11.3 Å². The zero-order valence-corrected chi connectivity index (χ0v) is 18.0. The second-order valence-corrected chi connectivity index (χ2v) is 7.48. The number of thiazole rings is 1. The first-order chi connectivity index (χ1) is 15.2. The van der Waals surface area contributed by atoms with Crippen LogP contribution in [0, 0.1) is 0 Å². The van der Waals surface area contributed by atoms with E-state index in [1.165, 1.54) is 23.7 Å². The molecule has 1 aliphatic rings. The number of rotatable bonds is 8. The van der Waals surface area contributed by atoms with Crippen LogP contribution in [0.3, 0.4) is 0 Å². The van der Waals surface area contributed by atoms with Crippen LogP contribution in [0.1, 0.15) is 10.5 Å². The standard InChI is InChI=1S/C19H22N6O5S/c1-27-7-8-30-14-11-20-12(9-21-14)17(26)24-19-23-15-16(31-19)13(10-22-18(15)28-2)25-3-5-29-6-4-25/h9-11H,3-8H2,1-2H3,(H,23,24,26). The Kier molecular flexibility index (Phi) is 6.70. The maximum Gasteiger partial charge on any atom is 0.277 e. The molecule has 0 radical (unpaired) electrons. The summed E-state index contributed by atoms with van der Waals surface area (Å²) in [5.74, 6) is 0.301. The lowest BCUT2D eigenvalue weighted by molar-refractivity contribution is 0.102. The first-order valence-electron chi connectivity index (χ1n) is 9.61. The fraction of sp³-hybridized carbons (Fsp3) is 0.421. The molecule has 3 aromatic heterocycles. The zero-order valence-electron chi connectivity index (χ0n) is 17.2. The van der Waals surface area contributed by atoms with Gasteiger partial charge in [-0.1, -0.05) is 11.3 Å². The molecule has 0 unspecified atom stereocenters. The number of carbonyl (C=O) groups is 1. The molecule has 1 fully saturated rings. The minimum Gasteiger partial charge on any atom is -0.479 e. The minimum atomic E-state index is -0.421. The third-order valence-electron chi connectivity index (χ3n) is 4.53. The number of amides is 1. The third-order valence-corrected chi connectivity index (χ3v) is 5.52. The van der Waals surface area contributed by atoms with E-state index in [4.69, 9.17) is 18.9 Å². The summed E-state index contributed by atoms with van der Waals surface area (Å²) in [6.07, 6.45) is 4.52. The van der Waals surface area contributed by atoms with Crippen molar-refractivity contribution in [3.63, 3.8) is 0 Å². The molecule has 0 saturated carbocycles. The molecule has 1 saturated heterocycles. The Hall–Kier alpha value is -3.09. The maximum atomic E-state index is 12.6. The predicted molar refractivity (Wildman–Crippen MR) is 114 cm³/mol. The number of nitrogens with zero attached hydrogens (tertiary/aromatic N) is 5. The molecule has 4 rings (SSSR count). The van der Waals surface area contributed by atoms with Crippen molar-refractivity contribution < 1.29 is 23.7 Å². The van der Waals surface area contributed by atoms with E-state index in [0.717, 1.165) is 23.5 Å². The summed E-state index contributed by atoms with van der Waals surface area (Å²) in [6, 6.07) is 0. The normalized spacial score (nSPS) is 13.9. The Balaban J connectivity index is 1.53. The summed E-state index contributed by atoms with van der Waals surface area (Å²) < 4.78 is 22.0. The van der Waals surface area contributed by atoms with Gasteiger partial charge in [-0.2, -0.15) is 0 Å². The van der Waals surface area contributed by atoms with E-state index in [-0.39, 0.29) is 5.69 Å². The van der Waals surface area contributed by atoms with Crippen LogP contribution in [-0.4, -0.2) is 79.6 Å². The van der Waals surface area contributed by atoms with Crippen LogP contribution in [0.5, 0.6) is 11.8 Å². The lowest BCUT2D eigenvalue weighted by Gasteiger charge is -2.28. The number of carbonyl (C=O) groups excluding carboxylic acids is 1. The SMILES string of the molecule is COCCOc1cnc(C(=O)Nc2nc3c(OC)ncc(N4CCOCC4)c3s2)cn1. The van der Waals surface area contributed by atoms with Gasteiger partial charge in [0, 0.05) is 20.2 Å². The molecular weight excluding hydrogens is 424 g/mol. The molecule has 1 N–H and O–H groups in total. The molecule has 11 nitrogen and oxygen atoms in total. The Bertz CT molecular complexity index is 1040. The third kappa shape index (κ3) is 4.81. The number of morpholine rings is 1. The molecule has 0 spiro atoms. The number of ether oxygens (including phenoxy) is 4. The average molecular weight is 446 g/mol. The maximum absolute atomic E-state index is 12.6. The van der Waals surface area contributed by atoms with Crippen molar-refractivity contribution in [2.24, 2.45) is 0 Å². The quantitative estimate of drug-likeness (QED) is 0.511. The molecule has 0 aromatic carbocycles. The number of aromatic nitrogens is 4. The van der Waals surface area contributed by atoms with Gasteiger partial charge >= 0.3 is 0 Å². The zero-order chi connectivity index (χ0) is 21.6. The number of nitrogens with one attached hydrogen (secondary N) is 1. The molecule has 164 valence electrons. The van der Waals surface area contributed by atoms with E-state index >= 15 is 0 Å². The summed E-state index contributed by atoms with van der Waals surface area (Å²) in [5.41, 5.74) is 1.69. The average Bonchev–Trinajstić information content (AvgIpc) is 3.23. The van der Waals surface area contributed by atoms with Crippen LogP contribution in [0.4, 0.5) is 10.8 Å². The number of hydrogen-bond acceptors (Lipinski definition) is 11. The highest BCUT2D eigenvalue weighted by atomic mass is 32.1. The number of hydrogen-bond donors (Lipinski definition) is 1. The molecule has 0 aliphatic carbocycles. The molecule has 0 atom stereocenters. The molecule has 1 amide bonds. The second kappa shape index (κ2) is 9.81. The molecule has 0 bridgehead atoms. The fourth-order valence-corrected chi connectivity index (χ4v) is 4.00. The lowest BCUT2D eigenvalue weighted by atomic mass is 10.3. The Morgan fingerprint density at radius 3 is 2.71 bits per heavy atom. The van der Waals surface area contributed by atoms with E-state index in [1.54, 1.807) is 20.4 Å². The van der Waals surface area contributed by atoms with Gasteiger partial charge in [-0.25, -0.2) is 19.9 Å². The van der Waals surface area contributed by atoms with E-state index in [2.05, 4.69) is 30.2 Å². The van der Waals surface area contributed by atoms with Gasteiger partial charge in [0.1, 0.15) is 17.8 Å². The van der Waals surface area contributed by atoms with Crippen molar-refractivity contribution in [2.75, 3.05) is 64.0 Å². The molecule has 31 heavy (non-hydrogen) atoms.